The van der Waals surface area contributed by atoms with Crippen LogP contribution >= 0.6 is 23.5 Å². The second kappa shape index (κ2) is 6.01. The third kappa shape index (κ3) is 3.13. The molecule has 0 aliphatic rings. The number of hydrogen-bond acceptors (Lipinski definition) is 4. The minimum Gasteiger partial charge on any atom is -0.211 e. The molecule has 0 atom stereocenters. The van der Waals surface area contributed by atoms with E-state index >= 15 is 0 Å². The summed E-state index contributed by atoms with van der Waals surface area (Å²) in [7, 11) is 0. The lowest BCUT2D eigenvalue weighted by atomic mass is 10.1. The molecule has 0 radical (unpaired) electrons. The molecule has 4 heteroatoms. The van der Waals surface area contributed by atoms with Gasteiger partial charge in [-0.3, -0.25) is 0 Å². The van der Waals surface area contributed by atoms with Crippen molar-refractivity contribution in [2.45, 2.75) is 23.3 Å². The summed E-state index contributed by atoms with van der Waals surface area (Å²) in [6, 6.07) is 4.25. The van der Waals surface area contributed by atoms with Gasteiger partial charge < -0.3 is 0 Å². The number of carbonyl (C=O) groups excluding carboxylic acids is 1. The van der Waals surface area contributed by atoms with Crippen molar-refractivity contribution in [3.8, 4) is 0 Å². The van der Waals surface area contributed by atoms with Gasteiger partial charge in [-0.25, -0.2) is 9.79 Å². The molecule has 0 heterocycles. The first-order chi connectivity index (χ1) is 7.22. The largest absolute Gasteiger partial charge is 0.235 e. The van der Waals surface area contributed by atoms with Gasteiger partial charge in [0.05, 0.1) is 6.54 Å². The van der Waals surface area contributed by atoms with E-state index < -0.39 is 0 Å². The average Bonchev–Trinajstić information content (AvgIpc) is 2.26. The van der Waals surface area contributed by atoms with Crippen LogP contribution in [0.25, 0.3) is 0 Å². The molecule has 0 fully saturated rings. The number of rotatable bonds is 4. The van der Waals surface area contributed by atoms with Crippen LogP contribution in [0.1, 0.15) is 11.1 Å². The van der Waals surface area contributed by atoms with Crippen LogP contribution in [0.2, 0.25) is 0 Å². The molecule has 15 heavy (non-hydrogen) atoms. The van der Waals surface area contributed by atoms with Gasteiger partial charge in [0.15, 0.2) is 0 Å². The molecule has 0 aromatic heterocycles. The Morgan fingerprint density at radius 3 is 2.47 bits per heavy atom. The highest BCUT2D eigenvalue weighted by atomic mass is 32.2. The Morgan fingerprint density at radius 2 is 1.93 bits per heavy atom. The molecule has 0 amide bonds. The molecule has 0 saturated carbocycles. The van der Waals surface area contributed by atoms with Crippen molar-refractivity contribution in [1.82, 2.24) is 0 Å². The van der Waals surface area contributed by atoms with Crippen LogP contribution < -0.4 is 0 Å². The lowest BCUT2D eigenvalue weighted by Crippen LogP contribution is -1.90. The van der Waals surface area contributed by atoms with E-state index in [4.69, 9.17) is 0 Å². The third-order valence-electron chi connectivity index (χ3n) is 2.11. The Labute approximate surface area is 98.6 Å². The van der Waals surface area contributed by atoms with Gasteiger partial charge in [0.25, 0.3) is 0 Å². The summed E-state index contributed by atoms with van der Waals surface area (Å²) in [4.78, 5) is 16.1. The van der Waals surface area contributed by atoms with Gasteiger partial charge in [-0.2, -0.15) is 0 Å². The average molecular weight is 239 g/mol. The second-order valence-corrected chi connectivity index (χ2v) is 4.74. The molecule has 0 spiro atoms. The van der Waals surface area contributed by atoms with E-state index in [-0.39, 0.29) is 0 Å². The summed E-state index contributed by atoms with van der Waals surface area (Å²) < 4.78 is 0. The van der Waals surface area contributed by atoms with E-state index in [9.17, 15) is 4.79 Å². The molecule has 0 bridgehead atoms. The number of benzene rings is 1. The third-order valence-corrected chi connectivity index (χ3v) is 3.81. The highest BCUT2D eigenvalue weighted by Gasteiger charge is 2.05. The second-order valence-electron chi connectivity index (χ2n) is 3.04. The summed E-state index contributed by atoms with van der Waals surface area (Å²) in [6.45, 7) is 2.52. The first kappa shape index (κ1) is 12.4. The molecular formula is C11H13NOS2. The topological polar surface area (TPSA) is 29.4 Å². The molecular weight excluding hydrogens is 226 g/mol. The smallest absolute Gasteiger partial charge is 0.211 e. The normalized spacial score (nSPS) is 9.80. The number of thioether (sulfide) groups is 2. The molecule has 0 aliphatic heterocycles. The predicted octanol–water partition coefficient (Wildman–Crippen LogP) is 3.27. The zero-order valence-corrected chi connectivity index (χ0v) is 10.7. The fraction of sp³-hybridized carbons (Fsp3) is 0.364. The predicted molar refractivity (Wildman–Crippen MR) is 66.6 cm³/mol. The van der Waals surface area contributed by atoms with Crippen LogP contribution in [0.15, 0.2) is 26.9 Å². The summed E-state index contributed by atoms with van der Waals surface area (Å²) in [6.07, 6.45) is 5.66. The van der Waals surface area contributed by atoms with Crippen molar-refractivity contribution in [3.63, 3.8) is 0 Å². The van der Waals surface area contributed by atoms with Gasteiger partial charge in [0, 0.05) is 9.79 Å². The van der Waals surface area contributed by atoms with Crippen LogP contribution in [0.5, 0.6) is 0 Å². The van der Waals surface area contributed by atoms with Crippen molar-refractivity contribution in [3.05, 3.63) is 23.3 Å². The maximum atomic E-state index is 10.1. The first-order valence-electron chi connectivity index (χ1n) is 4.48. The molecule has 0 unspecified atom stereocenters. The van der Waals surface area contributed by atoms with E-state index in [0.29, 0.717) is 6.54 Å². The minimum absolute atomic E-state index is 0.424. The van der Waals surface area contributed by atoms with Crippen LogP contribution in [-0.4, -0.2) is 18.6 Å². The van der Waals surface area contributed by atoms with Crippen LogP contribution in [0, 0.1) is 6.92 Å². The summed E-state index contributed by atoms with van der Waals surface area (Å²) in [5.41, 5.74) is 2.37. The standard InChI is InChI=1S/C11H13NOS2/c1-8-4-11(15-3)9(6-12-7-13)5-10(8)14-2/h4-5H,6H2,1-3H3. The van der Waals surface area contributed by atoms with Crippen LogP contribution in [0.4, 0.5) is 0 Å². The zero-order chi connectivity index (χ0) is 11.3. The molecule has 1 aromatic rings. The quantitative estimate of drug-likeness (QED) is 0.459. The highest BCUT2D eigenvalue weighted by molar-refractivity contribution is 7.99. The van der Waals surface area contributed by atoms with E-state index in [2.05, 4.69) is 24.0 Å². The molecule has 0 aliphatic carbocycles. The first-order valence-corrected chi connectivity index (χ1v) is 6.93. The lowest BCUT2D eigenvalue weighted by Gasteiger charge is -2.09. The van der Waals surface area contributed by atoms with Gasteiger partial charge in [-0.1, -0.05) is 0 Å². The molecule has 0 N–H and O–H groups in total. The van der Waals surface area contributed by atoms with Gasteiger partial charge in [0.2, 0.25) is 6.08 Å². The number of isocyanates is 1. The van der Waals surface area contributed by atoms with E-state index in [1.165, 1.54) is 15.4 Å². The van der Waals surface area contributed by atoms with Gasteiger partial charge in [0.1, 0.15) is 0 Å². The molecule has 0 saturated heterocycles. The van der Waals surface area contributed by atoms with Crippen LogP contribution in [0.3, 0.4) is 0 Å². The van der Waals surface area contributed by atoms with Crippen molar-refractivity contribution >= 4 is 29.6 Å². The highest BCUT2D eigenvalue weighted by Crippen LogP contribution is 2.29. The monoisotopic (exact) mass is 239 g/mol. The fourth-order valence-corrected chi connectivity index (χ4v) is 2.68. The molecule has 1 rings (SSSR count). The van der Waals surface area contributed by atoms with Crippen LogP contribution in [-0.2, 0) is 11.3 Å². The van der Waals surface area contributed by atoms with Crippen molar-refractivity contribution in [2.75, 3.05) is 12.5 Å². The van der Waals surface area contributed by atoms with E-state index in [1.807, 2.05) is 12.5 Å². The van der Waals surface area contributed by atoms with Gasteiger partial charge in [-0.15, -0.1) is 23.5 Å². The van der Waals surface area contributed by atoms with E-state index in [1.54, 1.807) is 29.6 Å². The fourth-order valence-electron chi connectivity index (χ4n) is 1.35. The minimum atomic E-state index is 0.424. The number of hydrogen-bond donors (Lipinski definition) is 0. The Kier molecular flexibility index (Phi) is 4.95. The van der Waals surface area contributed by atoms with Crippen molar-refractivity contribution < 1.29 is 4.79 Å². The molecule has 1 aromatic carbocycles. The van der Waals surface area contributed by atoms with E-state index in [0.717, 1.165) is 5.56 Å². The maximum absolute atomic E-state index is 10.1. The van der Waals surface area contributed by atoms with Gasteiger partial charge >= 0.3 is 0 Å². The molecule has 80 valence electrons. The number of nitrogens with zero attached hydrogens (tertiary/aromatic N) is 1. The zero-order valence-electron chi connectivity index (χ0n) is 9.03. The summed E-state index contributed by atoms with van der Waals surface area (Å²) in [5.74, 6) is 0. The number of aryl methyl sites for hydroxylation is 1. The summed E-state index contributed by atoms with van der Waals surface area (Å²) in [5, 5.41) is 0. The molecule has 2 nitrogen and oxygen atoms in total. The Hall–Kier alpha value is -0.700. The van der Waals surface area contributed by atoms with Crippen molar-refractivity contribution in [1.29, 1.82) is 0 Å². The SMILES string of the molecule is CSc1cc(CN=C=O)c(SC)cc1C. The Morgan fingerprint density at radius 1 is 1.27 bits per heavy atom. The Bertz CT molecular complexity index is 398. The lowest BCUT2D eigenvalue weighted by molar-refractivity contribution is 0.562. The maximum Gasteiger partial charge on any atom is 0.235 e. The number of aliphatic imine (C=N–C) groups is 1. The summed E-state index contributed by atoms with van der Waals surface area (Å²) >= 11 is 3.39. The van der Waals surface area contributed by atoms with Gasteiger partial charge in [-0.05, 0) is 42.7 Å². The Balaban J connectivity index is 3.15. The van der Waals surface area contributed by atoms with Crippen molar-refractivity contribution in [2.24, 2.45) is 4.99 Å².